The fraction of sp³-hybridized carbons (Fsp3) is 0.368. The summed E-state index contributed by atoms with van der Waals surface area (Å²) in [6.45, 7) is 3.00. The smallest absolute Gasteiger partial charge is 0.255 e. The number of nitrogens with zero attached hydrogens (tertiary/aromatic N) is 2. The normalized spacial score (nSPS) is 17.6. The van der Waals surface area contributed by atoms with Crippen molar-refractivity contribution in [2.75, 3.05) is 11.9 Å². The van der Waals surface area contributed by atoms with Crippen molar-refractivity contribution < 1.29 is 4.79 Å². The van der Waals surface area contributed by atoms with Crippen molar-refractivity contribution in [2.45, 2.75) is 38.6 Å². The van der Waals surface area contributed by atoms with Crippen LogP contribution in [0.1, 0.15) is 43.0 Å². The molecular formula is C19H22BrN3O. The molecule has 1 aromatic carbocycles. The number of amides is 1. The van der Waals surface area contributed by atoms with Gasteiger partial charge in [0.1, 0.15) is 0 Å². The van der Waals surface area contributed by atoms with E-state index in [4.69, 9.17) is 0 Å². The lowest BCUT2D eigenvalue weighted by atomic mass is 9.99. The SMILES string of the molecule is CCC1CCCCN1C(=O)c1cncc(Nc2ccccc2Br)c1. The van der Waals surface area contributed by atoms with E-state index >= 15 is 0 Å². The van der Waals surface area contributed by atoms with Gasteiger partial charge < -0.3 is 10.2 Å². The minimum Gasteiger partial charge on any atom is -0.353 e. The number of pyridine rings is 1. The molecule has 0 saturated carbocycles. The Bertz CT molecular complexity index is 719. The second kappa shape index (κ2) is 7.79. The second-order valence-electron chi connectivity index (χ2n) is 6.12. The molecule has 2 aromatic rings. The van der Waals surface area contributed by atoms with E-state index in [0.29, 0.717) is 11.6 Å². The monoisotopic (exact) mass is 387 g/mol. The van der Waals surface area contributed by atoms with E-state index in [9.17, 15) is 4.79 Å². The third-order valence-electron chi connectivity index (χ3n) is 4.50. The van der Waals surface area contributed by atoms with Gasteiger partial charge in [0.2, 0.25) is 0 Å². The molecule has 24 heavy (non-hydrogen) atoms. The van der Waals surface area contributed by atoms with Crippen molar-refractivity contribution in [3.8, 4) is 0 Å². The molecule has 1 fully saturated rings. The average Bonchev–Trinajstić information content (AvgIpc) is 2.63. The summed E-state index contributed by atoms with van der Waals surface area (Å²) < 4.78 is 0.976. The van der Waals surface area contributed by atoms with Gasteiger partial charge in [-0.1, -0.05) is 19.1 Å². The van der Waals surface area contributed by atoms with Gasteiger partial charge in [-0.2, -0.15) is 0 Å². The van der Waals surface area contributed by atoms with Gasteiger partial charge in [0.25, 0.3) is 5.91 Å². The number of aromatic nitrogens is 1. The molecule has 1 aromatic heterocycles. The first-order chi connectivity index (χ1) is 11.7. The van der Waals surface area contributed by atoms with Gasteiger partial charge >= 0.3 is 0 Å². The van der Waals surface area contributed by atoms with Gasteiger partial charge in [0, 0.05) is 23.3 Å². The van der Waals surface area contributed by atoms with Gasteiger partial charge in [0.15, 0.2) is 0 Å². The summed E-state index contributed by atoms with van der Waals surface area (Å²) in [6.07, 6.45) is 7.81. The van der Waals surface area contributed by atoms with Gasteiger partial charge in [-0.15, -0.1) is 0 Å². The highest BCUT2D eigenvalue weighted by Gasteiger charge is 2.26. The quantitative estimate of drug-likeness (QED) is 0.803. The number of benzene rings is 1. The Morgan fingerprint density at radius 3 is 2.96 bits per heavy atom. The number of likely N-dealkylation sites (tertiary alicyclic amines) is 1. The third-order valence-corrected chi connectivity index (χ3v) is 5.19. The Morgan fingerprint density at radius 2 is 2.17 bits per heavy atom. The maximum atomic E-state index is 12.9. The summed E-state index contributed by atoms with van der Waals surface area (Å²) in [5.74, 6) is 0.0878. The molecular weight excluding hydrogens is 366 g/mol. The van der Waals surface area contributed by atoms with Gasteiger partial charge in [-0.05, 0) is 59.8 Å². The predicted octanol–water partition coefficient (Wildman–Crippen LogP) is 4.99. The van der Waals surface area contributed by atoms with Crippen LogP contribution in [0.2, 0.25) is 0 Å². The highest BCUT2D eigenvalue weighted by atomic mass is 79.9. The third kappa shape index (κ3) is 3.78. The van der Waals surface area contributed by atoms with Crippen molar-refractivity contribution in [3.63, 3.8) is 0 Å². The zero-order chi connectivity index (χ0) is 16.9. The number of anilines is 2. The van der Waals surface area contributed by atoms with Crippen molar-refractivity contribution in [2.24, 2.45) is 0 Å². The first-order valence-corrected chi connectivity index (χ1v) is 9.26. The van der Waals surface area contributed by atoms with Crippen LogP contribution in [0.5, 0.6) is 0 Å². The lowest BCUT2D eigenvalue weighted by molar-refractivity contribution is 0.0607. The van der Waals surface area contributed by atoms with Gasteiger partial charge in [0.05, 0.1) is 23.1 Å². The summed E-state index contributed by atoms with van der Waals surface area (Å²) in [6, 6.07) is 10.1. The van der Waals surface area contributed by atoms with Crippen molar-refractivity contribution >= 4 is 33.2 Å². The van der Waals surface area contributed by atoms with Crippen molar-refractivity contribution in [1.29, 1.82) is 0 Å². The average molecular weight is 388 g/mol. The molecule has 5 heteroatoms. The standard InChI is InChI=1S/C19H22BrN3O/c1-2-16-7-5-6-10-23(16)19(24)14-11-15(13-21-12-14)22-18-9-4-3-8-17(18)20/h3-4,8-9,11-13,16,22H,2,5-7,10H2,1H3. The minimum atomic E-state index is 0.0878. The Kier molecular flexibility index (Phi) is 5.51. The van der Waals surface area contributed by atoms with Crippen LogP contribution in [0.4, 0.5) is 11.4 Å². The van der Waals surface area contributed by atoms with Crippen LogP contribution < -0.4 is 5.32 Å². The van der Waals surface area contributed by atoms with Crippen LogP contribution in [-0.4, -0.2) is 28.4 Å². The molecule has 0 bridgehead atoms. The van der Waals surface area contributed by atoms with Crippen LogP contribution in [0, 0.1) is 0 Å². The van der Waals surface area contributed by atoms with E-state index in [-0.39, 0.29) is 5.91 Å². The number of hydrogen-bond acceptors (Lipinski definition) is 3. The van der Waals surface area contributed by atoms with Crippen LogP contribution in [0.25, 0.3) is 0 Å². The molecule has 3 rings (SSSR count). The molecule has 0 aliphatic carbocycles. The predicted molar refractivity (Wildman–Crippen MR) is 101 cm³/mol. The zero-order valence-electron chi connectivity index (χ0n) is 13.8. The van der Waals surface area contributed by atoms with E-state index in [1.54, 1.807) is 12.4 Å². The number of halogens is 1. The van der Waals surface area contributed by atoms with Crippen LogP contribution >= 0.6 is 15.9 Å². The summed E-state index contributed by atoms with van der Waals surface area (Å²) in [5, 5.41) is 3.32. The van der Waals surface area contributed by atoms with E-state index < -0.39 is 0 Å². The van der Waals surface area contributed by atoms with Gasteiger partial charge in [-0.3, -0.25) is 9.78 Å². The maximum absolute atomic E-state index is 12.9. The molecule has 1 amide bonds. The van der Waals surface area contributed by atoms with Crippen LogP contribution in [-0.2, 0) is 0 Å². The summed E-state index contributed by atoms with van der Waals surface area (Å²) in [5.41, 5.74) is 2.42. The maximum Gasteiger partial charge on any atom is 0.255 e. The van der Waals surface area contributed by atoms with E-state index in [0.717, 1.165) is 41.7 Å². The Hall–Kier alpha value is -1.88. The first-order valence-electron chi connectivity index (χ1n) is 8.46. The highest BCUT2D eigenvalue weighted by molar-refractivity contribution is 9.10. The topological polar surface area (TPSA) is 45.2 Å². The molecule has 1 aliphatic rings. The Labute approximate surface area is 151 Å². The minimum absolute atomic E-state index is 0.0878. The van der Waals surface area contributed by atoms with Crippen molar-refractivity contribution in [3.05, 3.63) is 52.8 Å². The number of piperidine rings is 1. The molecule has 1 saturated heterocycles. The molecule has 2 heterocycles. The van der Waals surface area contributed by atoms with E-state index in [1.807, 2.05) is 35.2 Å². The highest BCUT2D eigenvalue weighted by Crippen LogP contribution is 2.26. The molecule has 1 N–H and O–H groups in total. The number of carbonyl (C=O) groups is 1. The fourth-order valence-electron chi connectivity index (χ4n) is 3.20. The molecule has 1 unspecified atom stereocenters. The number of rotatable bonds is 4. The number of hydrogen-bond donors (Lipinski definition) is 1. The molecule has 0 spiro atoms. The summed E-state index contributed by atoms with van der Waals surface area (Å²) >= 11 is 3.52. The van der Waals surface area contributed by atoms with Gasteiger partial charge in [-0.25, -0.2) is 0 Å². The summed E-state index contributed by atoms with van der Waals surface area (Å²) in [7, 11) is 0. The summed E-state index contributed by atoms with van der Waals surface area (Å²) in [4.78, 5) is 19.2. The Morgan fingerprint density at radius 1 is 1.33 bits per heavy atom. The van der Waals surface area contributed by atoms with Crippen LogP contribution in [0.15, 0.2) is 47.2 Å². The number of nitrogens with one attached hydrogen (secondary N) is 1. The zero-order valence-corrected chi connectivity index (χ0v) is 15.4. The number of carbonyl (C=O) groups excluding carboxylic acids is 1. The second-order valence-corrected chi connectivity index (χ2v) is 6.98. The molecule has 4 nitrogen and oxygen atoms in total. The lowest BCUT2D eigenvalue weighted by Gasteiger charge is -2.35. The van der Waals surface area contributed by atoms with E-state index in [1.165, 1.54) is 6.42 Å². The molecule has 1 atom stereocenters. The lowest BCUT2D eigenvalue weighted by Crippen LogP contribution is -2.43. The largest absolute Gasteiger partial charge is 0.353 e. The van der Waals surface area contributed by atoms with Crippen molar-refractivity contribution in [1.82, 2.24) is 9.88 Å². The molecule has 0 radical (unpaired) electrons. The fourth-order valence-corrected chi connectivity index (χ4v) is 3.59. The first kappa shape index (κ1) is 17.0. The Balaban J connectivity index is 1.79. The number of para-hydroxylation sites is 1. The van der Waals surface area contributed by atoms with Crippen LogP contribution in [0.3, 0.4) is 0 Å². The molecule has 1 aliphatic heterocycles. The van der Waals surface area contributed by atoms with E-state index in [2.05, 4.69) is 33.2 Å². The molecule has 126 valence electrons.